The molecule has 164 valence electrons. The van der Waals surface area contributed by atoms with Gasteiger partial charge in [-0.2, -0.15) is 4.98 Å². The van der Waals surface area contributed by atoms with Crippen molar-refractivity contribution in [2.75, 3.05) is 23.7 Å². The molecule has 1 saturated carbocycles. The number of benzene rings is 1. The predicted octanol–water partition coefficient (Wildman–Crippen LogP) is 4.62. The van der Waals surface area contributed by atoms with Crippen LogP contribution in [0.2, 0.25) is 0 Å². The fraction of sp³-hybridized carbons (Fsp3) is 0.458. The minimum Gasteiger partial charge on any atom is -0.369 e. The second kappa shape index (κ2) is 11.9. The Hall–Kier alpha value is -3.14. The van der Waals surface area contributed by atoms with Gasteiger partial charge in [0.1, 0.15) is 11.6 Å². The molecule has 0 unspecified atom stereocenters. The van der Waals surface area contributed by atoms with Gasteiger partial charge in [-0.3, -0.25) is 4.79 Å². The van der Waals surface area contributed by atoms with Crippen LogP contribution in [-0.2, 0) is 4.79 Å². The molecular formula is C24H30FN5O. The Morgan fingerprint density at radius 2 is 2.10 bits per heavy atom. The first kappa shape index (κ1) is 22.5. The highest BCUT2D eigenvalue weighted by molar-refractivity contribution is 5.78. The van der Waals surface area contributed by atoms with Gasteiger partial charge in [-0.25, -0.2) is 9.37 Å². The number of hydrogen-bond donors (Lipinski definition) is 3. The summed E-state index contributed by atoms with van der Waals surface area (Å²) in [5.41, 5.74) is 1.30. The third-order valence-electron chi connectivity index (χ3n) is 5.14. The molecule has 1 aliphatic carbocycles. The van der Waals surface area contributed by atoms with Gasteiger partial charge in [-0.05, 0) is 43.9 Å². The predicted molar refractivity (Wildman–Crippen MR) is 122 cm³/mol. The van der Waals surface area contributed by atoms with E-state index in [-0.39, 0.29) is 17.6 Å². The fourth-order valence-electron chi connectivity index (χ4n) is 3.49. The largest absolute Gasteiger partial charge is 0.369 e. The molecule has 3 rings (SSSR count). The Morgan fingerprint density at radius 1 is 1.26 bits per heavy atom. The van der Waals surface area contributed by atoms with Gasteiger partial charge in [0.2, 0.25) is 11.9 Å². The van der Waals surface area contributed by atoms with Crippen molar-refractivity contribution in [3.8, 4) is 11.8 Å². The van der Waals surface area contributed by atoms with Crippen LogP contribution in [0.15, 0.2) is 30.5 Å². The maximum absolute atomic E-state index is 13.4. The molecule has 2 aromatic rings. The van der Waals surface area contributed by atoms with E-state index >= 15 is 0 Å². The standard InChI is InChI=1S/C24H30FN5O/c1-2-14-26-22-19(11-4-3-7-15-27-23(31)18-9-5-6-10-18)17-28-24(30-22)29-21-13-8-12-20(25)16-21/h8,12-13,16-18H,2-3,5-7,9-10,14-15H2,1H3,(H,27,31)(H2,26,28,29,30). The lowest BCUT2D eigenvalue weighted by atomic mass is 10.1. The van der Waals surface area contributed by atoms with Crippen LogP contribution in [0.3, 0.4) is 0 Å². The zero-order chi connectivity index (χ0) is 21.9. The molecule has 0 atom stereocenters. The van der Waals surface area contributed by atoms with Gasteiger partial charge in [-0.1, -0.05) is 37.7 Å². The van der Waals surface area contributed by atoms with Crippen molar-refractivity contribution < 1.29 is 9.18 Å². The lowest BCUT2D eigenvalue weighted by Crippen LogP contribution is -2.29. The minimum atomic E-state index is -0.323. The van der Waals surface area contributed by atoms with E-state index < -0.39 is 0 Å². The van der Waals surface area contributed by atoms with Crippen molar-refractivity contribution in [1.29, 1.82) is 0 Å². The molecule has 0 radical (unpaired) electrons. The molecule has 6 nitrogen and oxygen atoms in total. The molecule has 1 heterocycles. The third kappa shape index (κ3) is 7.25. The minimum absolute atomic E-state index is 0.186. The summed E-state index contributed by atoms with van der Waals surface area (Å²) in [6.45, 7) is 3.49. The summed E-state index contributed by atoms with van der Waals surface area (Å²) in [5, 5.41) is 9.31. The molecule has 1 aromatic heterocycles. The van der Waals surface area contributed by atoms with E-state index in [9.17, 15) is 9.18 Å². The molecule has 0 spiro atoms. The number of nitrogens with zero attached hydrogens (tertiary/aromatic N) is 2. The monoisotopic (exact) mass is 423 g/mol. The molecule has 7 heteroatoms. The average Bonchev–Trinajstić information content (AvgIpc) is 3.30. The molecule has 0 aliphatic heterocycles. The van der Waals surface area contributed by atoms with Crippen LogP contribution in [0.4, 0.5) is 21.8 Å². The van der Waals surface area contributed by atoms with Gasteiger partial charge in [0.05, 0.1) is 11.8 Å². The van der Waals surface area contributed by atoms with E-state index in [1.165, 1.54) is 12.1 Å². The van der Waals surface area contributed by atoms with Gasteiger partial charge in [0.25, 0.3) is 0 Å². The maximum Gasteiger partial charge on any atom is 0.229 e. The quantitative estimate of drug-likeness (QED) is 0.405. The first-order chi connectivity index (χ1) is 15.2. The number of hydrogen-bond acceptors (Lipinski definition) is 5. The van der Waals surface area contributed by atoms with Gasteiger partial charge in [-0.15, -0.1) is 0 Å². The van der Waals surface area contributed by atoms with Crippen molar-refractivity contribution in [3.63, 3.8) is 0 Å². The lowest BCUT2D eigenvalue weighted by Gasteiger charge is -2.10. The molecule has 3 N–H and O–H groups in total. The lowest BCUT2D eigenvalue weighted by molar-refractivity contribution is -0.124. The number of unbranched alkanes of at least 4 members (excludes halogenated alkanes) is 1. The summed E-state index contributed by atoms with van der Waals surface area (Å²) in [5.74, 6) is 7.37. The second-order valence-electron chi connectivity index (χ2n) is 7.70. The smallest absolute Gasteiger partial charge is 0.229 e. The first-order valence-corrected chi connectivity index (χ1v) is 11.1. The van der Waals surface area contributed by atoms with Crippen LogP contribution in [0.25, 0.3) is 0 Å². The highest BCUT2D eigenvalue weighted by atomic mass is 19.1. The van der Waals surface area contributed by atoms with E-state index in [4.69, 9.17) is 0 Å². The molecule has 1 aliphatic rings. The summed E-state index contributed by atoms with van der Waals surface area (Å²) >= 11 is 0. The molecule has 0 saturated heterocycles. The summed E-state index contributed by atoms with van der Waals surface area (Å²) < 4.78 is 13.4. The van der Waals surface area contributed by atoms with Gasteiger partial charge >= 0.3 is 0 Å². The van der Waals surface area contributed by atoms with Gasteiger partial charge in [0.15, 0.2) is 0 Å². The summed E-state index contributed by atoms with van der Waals surface area (Å²) in [6, 6.07) is 6.16. The van der Waals surface area contributed by atoms with E-state index in [2.05, 4.69) is 44.7 Å². The Kier molecular flexibility index (Phi) is 8.65. The topological polar surface area (TPSA) is 78.9 Å². The zero-order valence-electron chi connectivity index (χ0n) is 18.0. The Morgan fingerprint density at radius 3 is 2.87 bits per heavy atom. The van der Waals surface area contributed by atoms with Crippen LogP contribution in [0, 0.1) is 23.6 Å². The van der Waals surface area contributed by atoms with Crippen LogP contribution in [0.1, 0.15) is 57.4 Å². The second-order valence-corrected chi connectivity index (χ2v) is 7.70. The molecule has 0 bridgehead atoms. The molecule has 1 amide bonds. The average molecular weight is 424 g/mol. The van der Waals surface area contributed by atoms with Crippen molar-refractivity contribution in [3.05, 3.63) is 41.8 Å². The highest BCUT2D eigenvalue weighted by Gasteiger charge is 2.21. The number of nitrogens with one attached hydrogen (secondary N) is 3. The molecule has 31 heavy (non-hydrogen) atoms. The van der Waals surface area contributed by atoms with Gasteiger partial charge < -0.3 is 16.0 Å². The normalized spacial score (nSPS) is 13.4. The zero-order valence-corrected chi connectivity index (χ0v) is 18.0. The number of carbonyl (C=O) groups is 1. The van der Waals surface area contributed by atoms with E-state index in [1.54, 1.807) is 18.3 Å². The number of anilines is 3. The van der Waals surface area contributed by atoms with Gasteiger partial charge in [0, 0.05) is 31.1 Å². The number of aromatic nitrogens is 2. The summed E-state index contributed by atoms with van der Waals surface area (Å²) in [7, 11) is 0. The van der Waals surface area contributed by atoms with E-state index in [0.717, 1.165) is 45.1 Å². The van der Waals surface area contributed by atoms with Crippen molar-refractivity contribution in [1.82, 2.24) is 15.3 Å². The van der Waals surface area contributed by atoms with Crippen LogP contribution in [0.5, 0.6) is 0 Å². The van der Waals surface area contributed by atoms with E-state index in [1.807, 2.05) is 0 Å². The maximum atomic E-state index is 13.4. The fourth-order valence-corrected chi connectivity index (χ4v) is 3.49. The van der Waals surface area contributed by atoms with Crippen molar-refractivity contribution >= 4 is 23.4 Å². The Labute approximate surface area is 183 Å². The van der Waals surface area contributed by atoms with Crippen molar-refractivity contribution in [2.24, 2.45) is 5.92 Å². The highest BCUT2D eigenvalue weighted by Crippen LogP contribution is 2.24. The molecular weight excluding hydrogens is 393 g/mol. The third-order valence-corrected chi connectivity index (χ3v) is 5.14. The van der Waals surface area contributed by atoms with E-state index in [0.29, 0.717) is 36.0 Å². The SMILES string of the molecule is CCCNc1nc(Nc2cccc(F)c2)ncc1C#CCCCNC(=O)C1CCCC1. The molecule has 1 fully saturated rings. The first-order valence-electron chi connectivity index (χ1n) is 11.1. The number of carbonyl (C=O) groups excluding carboxylic acids is 1. The van der Waals surface area contributed by atoms with Crippen LogP contribution in [-0.4, -0.2) is 29.0 Å². The summed E-state index contributed by atoms with van der Waals surface area (Å²) in [6.07, 6.45) is 8.47. The summed E-state index contributed by atoms with van der Waals surface area (Å²) in [4.78, 5) is 20.8. The Bertz CT molecular complexity index is 931. The number of halogens is 1. The Balaban J connectivity index is 1.55. The number of rotatable bonds is 9. The van der Waals surface area contributed by atoms with Crippen LogP contribution < -0.4 is 16.0 Å². The van der Waals surface area contributed by atoms with Crippen molar-refractivity contribution in [2.45, 2.75) is 51.9 Å². The van der Waals surface area contributed by atoms with Crippen LogP contribution >= 0.6 is 0 Å². The number of amides is 1. The molecule has 1 aromatic carbocycles.